The van der Waals surface area contributed by atoms with Crippen LogP contribution >= 0.6 is 117 Å². The summed E-state index contributed by atoms with van der Waals surface area (Å²) in [4.78, 5) is 50.8. The molecule has 1 amide bonds. The van der Waals surface area contributed by atoms with Gasteiger partial charge in [-0.05, 0) is 90.7 Å². The molecule has 0 radical (unpaired) electrons. The average molecular weight is 1300 g/mol. The van der Waals surface area contributed by atoms with E-state index in [9.17, 15) is 19.5 Å². The van der Waals surface area contributed by atoms with Crippen LogP contribution in [-0.2, 0) is 19.8 Å². The van der Waals surface area contributed by atoms with Crippen molar-refractivity contribution in [2.24, 2.45) is 11.8 Å². The third-order valence-corrected chi connectivity index (χ3v) is 25.5. The summed E-state index contributed by atoms with van der Waals surface area (Å²) in [5.74, 6) is 1.86. The van der Waals surface area contributed by atoms with Gasteiger partial charge < -0.3 is 29.0 Å². The maximum atomic E-state index is 13.3. The van der Waals surface area contributed by atoms with Gasteiger partial charge in [-0.2, -0.15) is 0 Å². The average Bonchev–Trinajstić information content (AvgIpc) is 1.41. The highest BCUT2D eigenvalue weighted by molar-refractivity contribution is 8.27. The van der Waals surface area contributed by atoms with Gasteiger partial charge in [0.2, 0.25) is 0 Å². The van der Waals surface area contributed by atoms with E-state index in [1.54, 1.807) is 68.9 Å². The van der Waals surface area contributed by atoms with Crippen LogP contribution in [0.15, 0.2) is 123 Å². The number of carboxylic acids is 1. The molecule has 0 bridgehead atoms. The number of rotatable bonds is 15. The number of para-hydroxylation sites is 1. The summed E-state index contributed by atoms with van der Waals surface area (Å²) in [6.45, 7) is 12.1. The van der Waals surface area contributed by atoms with E-state index in [1.807, 2.05) is 32.9 Å². The van der Waals surface area contributed by atoms with Crippen molar-refractivity contribution in [3.05, 3.63) is 154 Å². The SMILES string of the molecule is CCC(C)C(=O)/C(=C\c1cc2sc(-c3sc(/C=C/c4ccc5c(c4)C(C)(C)C4C=C(/C=C/c6sc(C7=CC8SC(/C=C9/SC(=S)N(CC(=O)O)C9=O)=CC8S7)c7c6OCCO7)C=CC4N5c4ccccc4)c4c3OCCO4)cc2s1)SC(C)=S. The first kappa shape index (κ1) is 57.7. The molecule has 1 fully saturated rings. The maximum Gasteiger partial charge on any atom is 0.323 e. The number of thiophene rings is 4. The summed E-state index contributed by atoms with van der Waals surface area (Å²) < 4.78 is 28.8. The smallest absolute Gasteiger partial charge is 0.323 e. The highest BCUT2D eigenvalue weighted by atomic mass is 32.2. The molecule has 0 saturated carbocycles. The Bertz CT molecular complexity index is 3980. The molecule has 2 aromatic carbocycles. The summed E-state index contributed by atoms with van der Waals surface area (Å²) in [5.41, 5.74) is 5.54. The number of nitrogens with zero attached hydrogens (tertiary/aromatic N) is 2. The fourth-order valence-electron chi connectivity index (χ4n) is 11.2. The molecule has 10 nitrogen and oxygen atoms in total. The molecular weight excluding hydrogens is 1250 g/mol. The summed E-state index contributed by atoms with van der Waals surface area (Å²) in [7, 11) is 0. The van der Waals surface area contributed by atoms with Gasteiger partial charge in [-0.15, -0.1) is 68.9 Å². The molecule has 6 aliphatic heterocycles. The Morgan fingerprint density at radius 3 is 2.23 bits per heavy atom. The number of thioether (sulfide) groups is 4. The number of ketones is 1. The summed E-state index contributed by atoms with van der Waals surface area (Å²) in [5, 5.41) is 9.61. The number of thiocarbonyl (C=S) groups is 2. The quantitative estimate of drug-likeness (QED) is 0.0776. The lowest BCUT2D eigenvalue weighted by Crippen LogP contribution is -2.50. The number of aliphatic carboxylic acids is 1. The Morgan fingerprint density at radius 2 is 1.52 bits per heavy atom. The summed E-state index contributed by atoms with van der Waals surface area (Å²) in [6, 6.07) is 22.0. The highest BCUT2D eigenvalue weighted by Gasteiger charge is 2.46. The molecule has 1 saturated heterocycles. The van der Waals surface area contributed by atoms with Gasteiger partial charge in [0.25, 0.3) is 5.91 Å². The van der Waals surface area contributed by atoms with Crippen LogP contribution in [-0.4, -0.2) is 85.7 Å². The summed E-state index contributed by atoms with van der Waals surface area (Å²) >= 11 is 23.5. The number of amides is 1. The molecule has 4 aromatic heterocycles. The van der Waals surface area contributed by atoms with E-state index in [0.717, 1.165) is 116 Å². The number of carboxylic acid groups (broad SMARTS) is 1. The Kier molecular flexibility index (Phi) is 16.3. The van der Waals surface area contributed by atoms with Crippen LogP contribution in [0.5, 0.6) is 23.0 Å². The van der Waals surface area contributed by atoms with Gasteiger partial charge in [0.05, 0.1) is 40.2 Å². The molecule has 20 heteroatoms. The van der Waals surface area contributed by atoms with Crippen LogP contribution in [0.2, 0.25) is 0 Å². The first-order valence-electron chi connectivity index (χ1n) is 27.4. The molecule has 1 aliphatic carbocycles. The van der Waals surface area contributed by atoms with Gasteiger partial charge in [0.15, 0.2) is 28.8 Å². The Balaban J connectivity index is 0.757. The number of anilines is 2. The second-order valence-electron chi connectivity index (χ2n) is 21.4. The molecule has 7 aliphatic rings. The molecule has 6 aromatic rings. The monoisotopic (exact) mass is 1300 g/mol. The topological polar surface area (TPSA) is 115 Å². The van der Waals surface area contributed by atoms with Crippen LogP contribution in [0.25, 0.3) is 48.4 Å². The van der Waals surface area contributed by atoms with Crippen LogP contribution in [0.3, 0.4) is 0 Å². The number of ether oxygens (including phenoxy) is 4. The second-order valence-corrected chi connectivity index (χ2v) is 32.0. The first-order valence-corrected chi connectivity index (χ1v) is 34.9. The molecular formula is C64H54N2O8S10. The third-order valence-electron chi connectivity index (χ3n) is 15.5. The van der Waals surface area contributed by atoms with E-state index in [4.69, 9.17) is 43.4 Å². The molecule has 0 spiro atoms. The lowest BCUT2D eigenvalue weighted by Gasteiger charge is -2.51. The van der Waals surface area contributed by atoms with Crippen molar-refractivity contribution in [2.75, 3.05) is 37.9 Å². The number of hydrogen-bond donors (Lipinski definition) is 1. The predicted octanol–water partition coefficient (Wildman–Crippen LogP) is 17.4. The molecule has 1 N–H and O–H groups in total. The van der Waals surface area contributed by atoms with Crippen molar-refractivity contribution in [1.29, 1.82) is 0 Å². The standard InChI is InChI=1S/C64H54N2O8S10/c1-6-33(2)55(69)50(77-34(3)75)28-38-26-46-48(78-38)30-51(80-46)60-58-56(71-20-22-73-58)44(82-60)18-14-35-12-16-42-40(24-35)64(4,5)41-25-36(13-17-43(41)66(42)37-10-8-7-9-11-37)15-19-45-57-59(74-23-21-72-57)61(83-45)52-31-49-47(81-52)27-39(79-49)29-53-62(70)65(32-54(67)68)63(76)84-53/h7-19,24-31,33,41,43,47,49H,6,20-23,32H2,1-5H3,(H,67,68)/b18-14+,19-15+,50-28+,53-29+. The Labute approximate surface area is 531 Å². The minimum Gasteiger partial charge on any atom is -0.485 e. The number of benzene rings is 2. The van der Waals surface area contributed by atoms with Crippen molar-refractivity contribution in [1.82, 2.24) is 4.90 Å². The van der Waals surface area contributed by atoms with Crippen molar-refractivity contribution >= 4 is 193 Å². The van der Waals surface area contributed by atoms with Gasteiger partial charge in [-0.1, -0.05) is 142 Å². The van der Waals surface area contributed by atoms with Gasteiger partial charge in [0, 0.05) is 67.4 Å². The summed E-state index contributed by atoms with van der Waals surface area (Å²) in [6.07, 6.45) is 24.9. The van der Waals surface area contributed by atoms with E-state index in [2.05, 4.69) is 134 Å². The zero-order valence-corrected chi connectivity index (χ0v) is 54.2. The number of Topliss-reactive ketones (excluding diaryl/α,β-unsaturated/α-hetero) is 1. The zero-order chi connectivity index (χ0) is 58.1. The maximum absolute atomic E-state index is 13.3. The number of carbonyl (C=O) groups excluding carboxylic acids is 2. The molecule has 10 heterocycles. The molecule has 5 unspecified atom stereocenters. The van der Waals surface area contributed by atoms with Crippen LogP contribution in [0.1, 0.15) is 71.7 Å². The minimum absolute atomic E-state index is 0.0641. The normalized spacial score (nSPS) is 22.2. The number of carbonyl (C=O) groups is 3. The van der Waals surface area contributed by atoms with Crippen LogP contribution < -0.4 is 23.8 Å². The van der Waals surface area contributed by atoms with E-state index >= 15 is 0 Å². The first-order chi connectivity index (χ1) is 40.6. The minimum atomic E-state index is -1.10. The van der Waals surface area contributed by atoms with Gasteiger partial charge in [0.1, 0.15) is 37.3 Å². The van der Waals surface area contributed by atoms with E-state index in [0.29, 0.717) is 36.2 Å². The Hall–Kier alpha value is -5.39. The molecule has 5 atom stereocenters. The lowest BCUT2D eigenvalue weighted by atomic mass is 9.64. The van der Waals surface area contributed by atoms with Crippen molar-refractivity contribution < 1.29 is 38.4 Å². The number of fused-ring (bicyclic) bond motifs is 6. The highest BCUT2D eigenvalue weighted by Crippen LogP contribution is 2.59. The fraction of sp³-hybridized carbons (Fsp3) is 0.266. The predicted molar refractivity (Wildman–Crippen MR) is 365 cm³/mol. The third kappa shape index (κ3) is 11.1. The van der Waals surface area contributed by atoms with Crippen LogP contribution in [0, 0.1) is 11.8 Å². The number of allylic oxidation sites excluding steroid dienone is 5. The van der Waals surface area contributed by atoms with Crippen LogP contribution in [0.4, 0.5) is 11.4 Å². The molecule has 428 valence electrons. The van der Waals surface area contributed by atoms with Gasteiger partial charge in [-0.3, -0.25) is 19.3 Å². The van der Waals surface area contributed by atoms with Crippen molar-refractivity contribution in [2.45, 2.75) is 63.0 Å². The number of hydrogen-bond acceptors (Lipinski definition) is 18. The zero-order valence-electron chi connectivity index (χ0n) is 46.0. The van der Waals surface area contributed by atoms with Crippen molar-refractivity contribution in [3.63, 3.8) is 0 Å². The van der Waals surface area contributed by atoms with Gasteiger partial charge >= 0.3 is 5.97 Å². The fourth-order valence-corrected chi connectivity index (χ4v) is 21.3. The second kappa shape index (κ2) is 23.7. The van der Waals surface area contributed by atoms with E-state index < -0.39 is 12.5 Å². The van der Waals surface area contributed by atoms with Gasteiger partial charge in [-0.25, -0.2) is 0 Å². The molecule has 84 heavy (non-hydrogen) atoms. The van der Waals surface area contributed by atoms with Crippen molar-refractivity contribution in [3.8, 4) is 32.8 Å². The van der Waals surface area contributed by atoms with E-state index in [1.165, 1.54) is 23.0 Å². The molecule has 13 rings (SSSR count). The Morgan fingerprint density at radius 1 is 0.833 bits per heavy atom. The lowest BCUT2D eigenvalue weighted by molar-refractivity contribution is -0.140. The largest absolute Gasteiger partial charge is 0.485 e. The van der Waals surface area contributed by atoms with E-state index in [-0.39, 0.29) is 49.8 Å².